The van der Waals surface area contributed by atoms with Crippen LogP contribution in [0.4, 0.5) is 0 Å². The van der Waals surface area contributed by atoms with E-state index in [9.17, 15) is 13.2 Å². The molecule has 1 N–H and O–H groups in total. The summed E-state index contributed by atoms with van der Waals surface area (Å²) in [6.07, 6.45) is 5.55. The van der Waals surface area contributed by atoms with Crippen LogP contribution in [0.25, 0.3) is 0 Å². The fraction of sp³-hybridized carbons (Fsp3) is 0.786. The van der Waals surface area contributed by atoms with Gasteiger partial charge in [0, 0.05) is 19.0 Å². The number of amides is 1. The van der Waals surface area contributed by atoms with Gasteiger partial charge in [-0.25, -0.2) is 12.7 Å². The monoisotopic (exact) mass is 343 g/mol. The molecule has 8 nitrogen and oxygen atoms in total. The lowest BCUT2D eigenvalue weighted by atomic mass is 9.95. The van der Waals surface area contributed by atoms with Crippen molar-refractivity contribution in [2.45, 2.75) is 39.3 Å². The number of rotatable bonds is 6. The Morgan fingerprint density at radius 1 is 1.26 bits per heavy atom. The molecule has 0 aromatic carbocycles. The average Bonchev–Trinajstić information content (AvgIpc) is 2.98. The van der Waals surface area contributed by atoms with Crippen molar-refractivity contribution in [2.24, 2.45) is 11.8 Å². The highest BCUT2D eigenvalue weighted by molar-refractivity contribution is 7.88. The first-order chi connectivity index (χ1) is 10.8. The second-order valence-electron chi connectivity index (χ2n) is 6.38. The van der Waals surface area contributed by atoms with E-state index in [1.54, 1.807) is 17.2 Å². The minimum atomic E-state index is -3.16. The van der Waals surface area contributed by atoms with E-state index in [4.69, 9.17) is 0 Å². The first-order valence-corrected chi connectivity index (χ1v) is 9.72. The van der Waals surface area contributed by atoms with Gasteiger partial charge in [-0.3, -0.25) is 4.79 Å². The zero-order valence-electron chi connectivity index (χ0n) is 13.8. The highest BCUT2D eigenvalue weighted by Gasteiger charge is 2.30. The summed E-state index contributed by atoms with van der Waals surface area (Å²) in [4.78, 5) is 14.0. The summed E-state index contributed by atoms with van der Waals surface area (Å²) >= 11 is 0. The molecule has 1 aliphatic rings. The Balaban J connectivity index is 1.90. The predicted octanol–water partition coefficient (Wildman–Crippen LogP) is 0.0905. The molecule has 1 aliphatic heterocycles. The molecule has 130 valence electrons. The van der Waals surface area contributed by atoms with Gasteiger partial charge in [-0.05, 0) is 18.8 Å². The number of carbonyl (C=O) groups is 1. The first-order valence-electron chi connectivity index (χ1n) is 7.87. The zero-order valence-corrected chi connectivity index (χ0v) is 14.7. The van der Waals surface area contributed by atoms with Crippen LogP contribution in [0.15, 0.2) is 12.4 Å². The molecule has 1 aromatic rings. The summed E-state index contributed by atoms with van der Waals surface area (Å²) in [5, 5.41) is 11.2. The fourth-order valence-corrected chi connectivity index (χ4v) is 3.56. The summed E-state index contributed by atoms with van der Waals surface area (Å²) in [6.45, 7) is 5.42. The Hall–Kier alpha value is -1.48. The van der Waals surface area contributed by atoms with Crippen LogP contribution in [0.1, 0.15) is 26.7 Å². The molecule has 1 saturated heterocycles. The molecule has 9 heteroatoms. The normalized spacial score (nSPS) is 19.0. The molecule has 0 bridgehead atoms. The molecule has 0 radical (unpaired) electrons. The Morgan fingerprint density at radius 3 is 2.30 bits per heavy atom. The molecular weight excluding hydrogens is 318 g/mol. The lowest BCUT2D eigenvalue weighted by Crippen LogP contribution is -2.47. The number of hydrogen-bond donors (Lipinski definition) is 1. The van der Waals surface area contributed by atoms with Crippen molar-refractivity contribution in [1.82, 2.24) is 24.6 Å². The Kier molecular flexibility index (Phi) is 5.74. The molecule has 1 fully saturated rings. The largest absolute Gasteiger partial charge is 0.351 e. The first kappa shape index (κ1) is 17.9. The van der Waals surface area contributed by atoms with Gasteiger partial charge in [-0.2, -0.15) is 15.0 Å². The Labute approximate surface area is 137 Å². The maximum absolute atomic E-state index is 12.5. The van der Waals surface area contributed by atoms with Crippen LogP contribution in [0.3, 0.4) is 0 Å². The van der Waals surface area contributed by atoms with E-state index in [-0.39, 0.29) is 23.8 Å². The van der Waals surface area contributed by atoms with Gasteiger partial charge >= 0.3 is 0 Å². The van der Waals surface area contributed by atoms with Crippen LogP contribution >= 0.6 is 0 Å². The third-order valence-corrected chi connectivity index (χ3v) is 5.56. The molecule has 1 amide bonds. The quantitative estimate of drug-likeness (QED) is 0.789. The molecule has 1 unspecified atom stereocenters. The van der Waals surface area contributed by atoms with Crippen molar-refractivity contribution in [1.29, 1.82) is 0 Å². The van der Waals surface area contributed by atoms with E-state index in [1.165, 1.54) is 10.6 Å². The maximum atomic E-state index is 12.5. The van der Waals surface area contributed by atoms with Gasteiger partial charge in [-0.1, -0.05) is 13.8 Å². The molecule has 1 atom stereocenters. The van der Waals surface area contributed by atoms with Gasteiger partial charge in [0.15, 0.2) is 0 Å². The summed E-state index contributed by atoms with van der Waals surface area (Å²) in [6, 6.07) is -0.0529. The van der Waals surface area contributed by atoms with Crippen LogP contribution in [-0.2, 0) is 21.4 Å². The highest BCUT2D eigenvalue weighted by Crippen LogP contribution is 2.20. The molecular formula is C14H25N5O3S. The van der Waals surface area contributed by atoms with Crippen molar-refractivity contribution >= 4 is 15.9 Å². The second-order valence-corrected chi connectivity index (χ2v) is 8.36. The van der Waals surface area contributed by atoms with Crippen molar-refractivity contribution in [3.05, 3.63) is 12.4 Å². The summed E-state index contributed by atoms with van der Waals surface area (Å²) in [5.41, 5.74) is 0. The molecule has 0 saturated carbocycles. The minimum absolute atomic E-state index is 0.0102. The van der Waals surface area contributed by atoms with E-state index >= 15 is 0 Å². The Bertz CT molecular complexity index is 606. The van der Waals surface area contributed by atoms with Crippen molar-refractivity contribution < 1.29 is 13.2 Å². The van der Waals surface area contributed by atoms with E-state index in [0.29, 0.717) is 32.5 Å². The second kappa shape index (κ2) is 7.39. The van der Waals surface area contributed by atoms with Gasteiger partial charge in [0.1, 0.15) is 0 Å². The number of nitrogens with zero attached hydrogens (tertiary/aromatic N) is 4. The van der Waals surface area contributed by atoms with Gasteiger partial charge in [0.05, 0.1) is 31.2 Å². The SMILES string of the molecule is CC(C)C(Cn1nccn1)NC(=O)C1CCN(S(C)(=O)=O)CC1. The number of hydrogen-bond acceptors (Lipinski definition) is 5. The number of piperidine rings is 1. The van der Waals surface area contributed by atoms with Crippen LogP contribution in [0.5, 0.6) is 0 Å². The average molecular weight is 343 g/mol. The molecule has 0 spiro atoms. The third-order valence-electron chi connectivity index (χ3n) is 4.25. The summed E-state index contributed by atoms with van der Waals surface area (Å²) in [5.74, 6) is 0.102. The topological polar surface area (TPSA) is 97.2 Å². The zero-order chi connectivity index (χ0) is 17.0. The van der Waals surface area contributed by atoms with E-state index in [1.807, 2.05) is 13.8 Å². The fourth-order valence-electron chi connectivity index (χ4n) is 2.69. The van der Waals surface area contributed by atoms with Crippen LogP contribution in [0.2, 0.25) is 0 Å². The van der Waals surface area contributed by atoms with Crippen LogP contribution in [-0.4, -0.2) is 59.0 Å². The van der Waals surface area contributed by atoms with Gasteiger partial charge < -0.3 is 5.32 Å². The lowest BCUT2D eigenvalue weighted by Gasteiger charge is -2.31. The summed E-state index contributed by atoms with van der Waals surface area (Å²) < 4.78 is 24.5. The van der Waals surface area contributed by atoms with Gasteiger partial charge in [0.25, 0.3) is 0 Å². The number of sulfonamides is 1. The van der Waals surface area contributed by atoms with E-state index < -0.39 is 10.0 Å². The molecule has 23 heavy (non-hydrogen) atoms. The highest BCUT2D eigenvalue weighted by atomic mass is 32.2. The van der Waals surface area contributed by atoms with Gasteiger partial charge in [0.2, 0.25) is 15.9 Å². The molecule has 2 rings (SSSR count). The summed E-state index contributed by atoms with van der Waals surface area (Å²) in [7, 11) is -3.16. The van der Waals surface area contributed by atoms with E-state index in [2.05, 4.69) is 15.5 Å². The Morgan fingerprint density at radius 2 is 1.83 bits per heavy atom. The van der Waals surface area contributed by atoms with Crippen LogP contribution < -0.4 is 5.32 Å². The molecule has 0 aliphatic carbocycles. The number of nitrogens with one attached hydrogen (secondary N) is 1. The maximum Gasteiger partial charge on any atom is 0.223 e. The smallest absolute Gasteiger partial charge is 0.223 e. The van der Waals surface area contributed by atoms with Crippen molar-refractivity contribution in [2.75, 3.05) is 19.3 Å². The third kappa shape index (κ3) is 5.00. The lowest BCUT2D eigenvalue weighted by molar-refractivity contribution is -0.127. The molecule has 2 heterocycles. The minimum Gasteiger partial charge on any atom is -0.351 e. The number of carbonyl (C=O) groups excluding carboxylic acids is 1. The van der Waals surface area contributed by atoms with Gasteiger partial charge in [-0.15, -0.1) is 0 Å². The standard InChI is InChI=1S/C14H25N5O3S/c1-11(2)13(10-19-15-6-7-16-19)17-14(20)12-4-8-18(9-5-12)23(3,21)22/h6-7,11-13H,4-5,8-10H2,1-3H3,(H,17,20). The predicted molar refractivity (Wildman–Crippen MR) is 85.9 cm³/mol. The van der Waals surface area contributed by atoms with Crippen molar-refractivity contribution in [3.8, 4) is 0 Å². The number of aromatic nitrogens is 3. The van der Waals surface area contributed by atoms with E-state index in [0.717, 1.165) is 0 Å². The molecule has 1 aromatic heterocycles. The van der Waals surface area contributed by atoms with Crippen molar-refractivity contribution in [3.63, 3.8) is 0 Å². The van der Waals surface area contributed by atoms with Crippen LogP contribution in [0, 0.1) is 11.8 Å².